The lowest BCUT2D eigenvalue weighted by molar-refractivity contribution is -0.151. The number of rotatable bonds is 6. The van der Waals surface area contributed by atoms with E-state index in [2.05, 4.69) is 0 Å². The Labute approximate surface area is 136 Å². The number of ether oxygens (including phenoxy) is 2. The molecule has 1 aromatic rings. The SMILES string of the molecule is COCC1(C(=O)O)CCN(C(=O)Cc2cc(C)ccc2OC)C1. The molecule has 0 radical (unpaired) electrons. The third kappa shape index (κ3) is 3.64. The predicted octanol–water partition coefficient (Wildman–Crippen LogP) is 1.50. The summed E-state index contributed by atoms with van der Waals surface area (Å²) >= 11 is 0. The molecule has 1 aliphatic heterocycles. The monoisotopic (exact) mass is 321 g/mol. The summed E-state index contributed by atoms with van der Waals surface area (Å²) in [6.07, 6.45) is 0.612. The molecule has 1 heterocycles. The van der Waals surface area contributed by atoms with Gasteiger partial charge >= 0.3 is 5.97 Å². The largest absolute Gasteiger partial charge is 0.496 e. The molecule has 6 nitrogen and oxygen atoms in total. The highest BCUT2D eigenvalue weighted by atomic mass is 16.5. The molecule has 1 N–H and O–H groups in total. The Morgan fingerprint density at radius 1 is 1.35 bits per heavy atom. The number of nitrogens with zero attached hydrogens (tertiary/aromatic N) is 1. The van der Waals surface area contributed by atoms with Crippen LogP contribution in [0.25, 0.3) is 0 Å². The number of carbonyl (C=O) groups is 2. The van der Waals surface area contributed by atoms with Gasteiger partial charge < -0.3 is 19.5 Å². The molecule has 23 heavy (non-hydrogen) atoms. The molecule has 0 bridgehead atoms. The molecular formula is C17H23NO5. The van der Waals surface area contributed by atoms with Crippen molar-refractivity contribution in [3.8, 4) is 5.75 Å². The topological polar surface area (TPSA) is 76.1 Å². The summed E-state index contributed by atoms with van der Waals surface area (Å²) in [7, 11) is 3.05. The fourth-order valence-electron chi connectivity index (χ4n) is 3.04. The number of benzene rings is 1. The van der Waals surface area contributed by atoms with E-state index in [4.69, 9.17) is 9.47 Å². The summed E-state index contributed by atoms with van der Waals surface area (Å²) < 4.78 is 10.3. The van der Waals surface area contributed by atoms with Gasteiger partial charge in [-0.15, -0.1) is 0 Å². The molecule has 1 aromatic carbocycles. The molecule has 1 atom stereocenters. The molecule has 1 aliphatic rings. The van der Waals surface area contributed by atoms with Gasteiger partial charge in [-0.3, -0.25) is 9.59 Å². The van der Waals surface area contributed by atoms with E-state index >= 15 is 0 Å². The van der Waals surface area contributed by atoms with Crippen molar-refractivity contribution in [1.82, 2.24) is 4.90 Å². The van der Waals surface area contributed by atoms with Crippen LogP contribution in [0, 0.1) is 12.3 Å². The van der Waals surface area contributed by atoms with Crippen molar-refractivity contribution >= 4 is 11.9 Å². The van der Waals surface area contributed by atoms with Crippen LogP contribution in [0.15, 0.2) is 18.2 Å². The molecule has 0 spiro atoms. The lowest BCUT2D eigenvalue weighted by Gasteiger charge is -2.24. The zero-order valence-electron chi connectivity index (χ0n) is 13.8. The van der Waals surface area contributed by atoms with Crippen molar-refractivity contribution in [3.05, 3.63) is 29.3 Å². The van der Waals surface area contributed by atoms with Crippen LogP contribution in [-0.2, 0) is 20.7 Å². The minimum Gasteiger partial charge on any atom is -0.496 e. The maximum absolute atomic E-state index is 12.5. The summed E-state index contributed by atoms with van der Waals surface area (Å²) in [6.45, 7) is 2.68. The number of carboxylic acids is 1. The van der Waals surface area contributed by atoms with Gasteiger partial charge in [0.1, 0.15) is 11.2 Å². The quantitative estimate of drug-likeness (QED) is 0.859. The summed E-state index contributed by atoms with van der Waals surface area (Å²) in [5, 5.41) is 9.46. The van der Waals surface area contributed by atoms with Crippen LogP contribution in [-0.4, -0.2) is 55.8 Å². The minimum absolute atomic E-state index is 0.0897. The van der Waals surface area contributed by atoms with E-state index in [0.29, 0.717) is 18.7 Å². The number of aryl methyl sites for hydroxylation is 1. The molecule has 6 heteroatoms. The van der Waals surface area contributed by atoms with E-state index in [1.807, 2.05) is 25.1 Å². The van der Waals surface area contributed by atoms with Crippen LogP contribution in [0.1, 0.15) is 17.5 Å². The summed E-state index contributed by atoms with van der Waals surface area (Å²) in [5.74, 6) is -0.333. The highest BCUT2D eigenvalue weighted by molar-refractivity contribution is 5.82. The summed E-state index contributed by atoms with van der Waals surface area (Å²) in [4.78, 5) is 25.7. The molecule has 126 valence electrons. The first-order chi connectivity index (χ1) is 10.9. The maximum atomic E-state index is 12.5. The number of hydrogen-bond donors (Lipinski definition) is 1. The number of likely N-dealkylation sites (tertiary alicyclic amines) is 1. The van der Waals surface area contributed by atoms with Gasteiger partial charge in [-0.25, -0.2) is 0 Å². The number of amides is 1. The van der Waals surface area contributed by atoms with Gasteiger partial charge in [0.2, 0.25) is 5.91 Å². The summed E-state index contributed by atoms with van der Waals surface area (Å²) in [6, 6.07) is 5.69. The van der Waals surface area contributed by atoms with Gasteiger partial charge in [0.05, 0.1) is 20.1 Å². The van der Waals surface area contributed by atoms with E-state index in [9.17, 15) is 14.7 Å². The molecule has 1 fully saturated rings. The second-order valence-electron chi connectivity index (χ2n) is 6.08. The second-order valence-corrected chi connectivity index (χ2v) is 6.08. The van der Waals surface area contributed by atoms with Gasteiger partial charge in [-0.2, -0.15) is 0 Å². The van der Waals surface area contributed by atoms with E-state index in [0.717, 1.165) is 11.1 Å². The fourth-order valence-corrected chi connectivity index (χ4v) is 3.04. The smallest absolute Gasteiger partial charge is 0.313 e. The van der Waals surface area contributed by atoms with E-state index in [-0.39, 0.29) is 25.5 Å². The first-order valence-corrected chi connectivity index (χ1v) is 7.55. The van der Waals surface area contributed by atoms with Gasteiger partial charge in [-0.05, 0) is 19.4 Å². The third-order valence-electron chi connectivity index (χ3n) is 4.36. The number of carboxylic acid groups (broad SMARTS) is 1. The molecule has 0 aliphatic carbocycles. The van der Waals surface area contributed by atoms with Crippen LogP contribution in [0.5, 0.6) is 5.75 Å². The molecule has 0 aromatic heterocycles. The van der Waals surface area contributed by atoms with Crippen molar-refractivity contribution < 1.29 is 24.2 Å². The number of carbonyl (C=O) groups excluding carboxylic acids is 1. The number of aliphatic carboxylic acids is 1. The number of methoxy groups -OCH3 is 2. The van der Waals surface area contributed by atoms with Crippen LogP contribution in [0.3, 0.4) is 0 Å². The fraction of sp³-hybridized carbons (Fsp3) is 0.529. The van der Waals surface area contributed by atoms with Crippen molar-refractivity contribution in [2.24, 2.45) is 5.41 Å². The zero-order valence-corrected chi connectivity index (χ0v) is 13.8. The van der Waals surface area contributed by atoms with E-state index in [1.165, 1.54) is 7.11 Å². The first-order valence-electron chi connectivity index (χ1n) is 7.55. The standard InChI is InChI=1S/C17H23NO5/c1-12-4-5-14(23-3)13(8-12)9-15(19)18-7-6-17(10-18,11-22-2)16(20)21/h4-5,8H,6-7,9-11H2,1-3H3,(H,20,21). The highest BCUT2D eigenvalue weighted by Crippen LogP contribution is 2.32. The van der Waals surface area contributed by atoms with Gasteiger partial charge in [0.15, 0.2) is 0 Å². The molecule has 0 saturated carbocycles. The lowest BCUT2D eigenvalue weighted by atomic mass is 9.88. The highest BCUT2D eigenvalue weighted by Gasteiger charge is 2.46. The van der Waals surface area contributed by atoms with Crippen LogP contribution in [0.4, 0.5) is 0 Å². The van der Waals surface area contributed by atoms with Crippen molar-refractivity contribution in [2.75, 3.05) is 33.9 Å². The van der Waals surface area contributed by atoms with Crippen molar-refractivity contribution in [1.29, 1.82) is 0 Å². The molecular weight excluding hydrogens is 298 g/mol. The predicted molar refractivity (Wildman–Crippen MR) is 84.6 cm³/mol. The Balaban J connectivity index is 2.11. The maximum Gasteiger partial charge on any atom is 0.313 e. The molecule has 1 unspecified atom stereocenters. The van der Waals surface area contributed by atoms with Crippen LogP contribution >= 0.6 is 0 Å². The summed E-state index contributed by atoms with van der Waals surface area (Å²) in [5.41, 5.74) is 0.868. The average Bonchev–Trinajstić information content (AvgIpc) is 2.94. The van der Waals surface area contributed by atoms with Crippen molar-refractivity contribution in [3.63, 3.8) is 0 Å². The van der Waals surface area contributed by atoms with Crippen LogP contribution in [0.2, 0.25) is 0 Å². The molecule has 1 amide bonds. The number of hydrogen-bond acceptors (Lipinski definition) is 4. The van der Waals surface area contributed by atoms with Gasteiger partial charge in [0, 0.05) is 25.8 Å². The van der Waals surface area contributed by atoms with Crippen molar-refractivity contribution in [2.45, 2.75) is 19.8 Å². The Hall–Kier alpha value is -2.08. The molecule has 1 saturated heterocycles. The normalized spacial score (nSPS) is 20.6. The van der Waals surface area contributed by atoms with Gasteiger partial charge in [0.25, 0.3) is 0 Å². The second kappa shape index (κ2) is 7.00. The Morgan fingerprint density at radius 2 is 2.09 bits per heavy atom. The van der Waals surface area contributed by atoms with Gasteiger partial charge in [-0.1, -0.05) is 17.7 Å². The third-order valence-corrected chi connectivity index (χ3v) is 4.36. The minimum atomic E-state index is -0.999. The Morgan fingerprint density at radius 3 is 2.70 bits per heavy atom. The average molecular weight is 321 g/mol. The molecule has 2 rings (SSSR count). The first kappa shape index (κ1) is 17.3. The Bertz CT molecular complexity index is 601. The van der Waals surface area contributed by atoms with Crippen LogP contribution < -0.4 is 4.74 Å². The van der Waals surface area contributed by atoms with E-state index < -0.39 is 11.4 Å². The Kier molecular flexibility index (Phi) is 5.26. The zero-order chi connectivity index (χ0) is 17.0. The van der Waals surface area contributed by atoms with E-state index in [1.54, 1.807) is 12.0 Å². The lowest BCUT2D eigenvalue weighted by Crippen LogP contribution is -2.40.